The summed E-state index contributed by atoms with van der Waals surface area (Å²) in [4.78, 5) is 18.8. The van der Waals surface area contributed by atoms with E-state index in [9.17, 15) is 4.79 Å². The lowest BCUT2D eigenvalue weighted by Gasteiger charge is -2.34. The number of hydrogen-bond acceptors (Lipinski definition) is 8. The Morgan fingerprint density at radius 1 is 1.48 bits per heavy atom. The van der Waals surface area contributed by atoms with Crippen LogP contribution in [0.15, 0.2) is 15.9 Å². The Bertz CT molecular complexity index is 600. The van der Waals surface area contributed by atoms with Crippen LogP contribution in [0, 0.1) is 0 Å². The number of amides is 1. The maximum absolute atomic E-state index is 12.5. The molecule has 3 heterocycles. The maximum Gasteiger partial charge on any atom is 0.233 e. The molecule has 0 saturated carbocycles. The molecule has 0 spiro atoms. The number of anilines is 1. The van der Waals surface area contributed by atoms with Crippen LogP contribution in [0.5, 0.6) is 0 Å². The third-order valence-electron chi connectivity index (χ3n) is 3.30. The molecule has 0 unspecified atom stereocenters. The van der Waals surface area contributed by atoms with Crippen LogP contribution in [-0.4, -0.2) is 38.3 Å². The van der Waals surface area contributed by atoms with Gasteiger partial charge in [-0.1, -0.05) is 23.1 Å². The lowest BCUT2D eigenvalue weighted by molar-refractivity contribution is -0.132. The molecule has 9 heteroatoms. The van der Waals surface area contributed by atoms with Gasteiger partial charge < -0.3 is 10.6 Å². The van der Waals surface area contributed by atoms with Gasteiger partial charge in [-0.05, 0) is 19.3 Å². The molecule has 6 nitrogen and oxygen atoms in total. The van der Waals surface area contributed by atoms with Crippen molar-refractivity contribution in [1.29, 1.82) is 0 Å². The average Bonchev–Trinajstić information content (AvgIpc) is 3.16. The molecular formula is C12H15N5OS3. The van der Waals surface area contributed by atoms with Gasteiger partial charge >= 0.3 is 0 Å². The van der Waals surface area contributed by atoms with Crippen LogP contribution in [0.25, 0.3) is 0 Å². The Morgan fingerprint density at radius 2 is 2.38 bits per heavy atom. The number of carbonyl (C=O) groups excluding carboxylic acids is 1. The third-order valence-corrected chi connectivity index (χ3v) is 6.05. The van der Waals surface area contributed by atoms with E-state index < -0.39 is 0 Å². The van der Waals surface area contributed by atoms with Crippen molar-refractivity contribution in [2.45, 2.75) is 29.6 Å². The molecule has 1 fully saturated rings. The Kier molecular flexibility index (Phi) is 4.71. The normalized spacial score (nSPS) is 18.9. The lowest BCUT2D eigenvalue weighted by Crippen LogP contribution is -2.39. The van der Waals surface area contributed by atoms with Gasteiger partial charge in [-0.2, -0.15) is 0 Å². The topological polar surface area (TPSA) is 85.0 Å². The van der Waals surface area contributed by atoms with Gasteiger partial charge in [-0.25, -0.2) is 4.98 Å². The average molecular weight is 341 g/mol. The second-order valence-electron chi connectivity index (χ2n) is 4.66. The minimum atomic E-state index is 0.131. The molecule has 2 aromatic heterocycles. The van der Waals surface area contributed by atoms with Crippen molar-refractivity contribution in [3.05, 3.63) is 16.6 Å². The SMILES string of the molecule is Nc1nnc(SCC(=O)N2CCCC[C@@H]2c2nccs2)s1. The highest BCUT2D eigenvalue weighted by Crippen LogP contribution is 2.33. The summed E-state index contributed by atoms with van der Waals surface area (Å²) in [6.07, 6.45) is 5.00. The fourth-order valence-electron chi connectivity index (χ4n) is 2.37. The van der Waals surface area contributed by atoms with Crippen molar-refractivity contribution in [1.82, 2.24) is 20.1 Å². The van der Waals surface area contributed by atoms with E-state index in [1.54, 1.807) is 17.5 Å². The van der Waals surface area contributed by atoms with Gasteiger partial charge in [-0.3, -0.25) is 4.79 Å². The van der Waals surface area contributed by atoms with Gasteiger partial charge in [-0.15, -0.1) is 21.5 Å². The smallest absolute Gasteiger partial charge is 0.233 e. The number of nitrogens with zero attached hydrogens (tertiary/aromatic N) is 4. The Morgan fingerprint density at radius 3 is 3.10 bits per heavy atom. The molecule has 21 heavy (non-hydrogen) atoms. The van der Waals surface area contributed by atoms with Gasteiger partial charge in [0.1, 0.15) is 5.01 Å². The first-order chi connectivity index (χ1) is 10.2. The van der Waals surface area contributed by atoms with Crippen LogP contribution in [0.2, 0.25) is 0 Å². The van der Waals surface area contributed by atoms with E-state index >= 15 is 0 Å². The molecule has 1 aliphatic heterocycles. The van der Waals surface area contributed by atoms with Gasteiger partial charge in [0.05, 0.1) is 11.8 Å². The number of carbonyl (C=O) groups is 1. The largest absolute Gasteiger partial charge is 0.374 e. The molecule has 0 radical (unpaired) electrons. The second-order valence-corrected chi connectivity index (χ2v) is 7.82. The third kappa shape index (κ3) is 3.53. The first kappa shape index (κ1) is 14.7. The van der Waals surface area contributed by atoms with Gasteiger partial charge in [0, 0.05) is 18.1 Å². The number of rotatable bonds is 4. The maximum atomic E-state index is 12.5. The zero-order chi connectivity index (χ0) is 14.7. The number of nitrogen functional groups attached to an aromatic ring is 1. The fourth-order valence-corrected chi connectivity index (χ4v) is 4.68. The van der Waals surface area contributed by atoms with Gasteiger partial charge in [0.2, 0.25) is 11.0 Å². The Hall–Kier alpha value is -1.19. The quantitative estimate of drug-likeness (QED) is 0.860. The number of likely N-dealkylation sites (tertiary alicyclic amines) is 1. The van der Waals surface area contributed by atoms with Crippen LogP contribution < -0.4 is 5.73 Å². The number of piperidine rings is 1. The minimum Gasteiger partial charge on any atom is -0.374 e. The standard InChI is InChI=1S/C12H15N5OS3/c13-11-15-16-12(21-11)20-7-9(18)17-5-2-1-3-8(17)10-14-4-6-19-10/h4,6,8H,1-3,5,7H2,(H2,13,15)/t8-/m1/s1. The molecule has 1 amide bonds. The molecule has 2 aromatic rings. The molecule has 0 bridgehead atoms. The number of nitrogens with two attached hydrogens (primary N) is 1. The predicted octanol–water partition coefficient (Wildman–Crippen LogP) is 2.42. The highest BCUT2D eigenvalue weighted by Gasteiger charge is 2.29. The summed E-state index contributed by atoms with van der Waals surface area (Å²) < 4.78 is 0.739. The van der Waals surface area contributed by atoms with Crippen LogP contribution in [-0.2, 0) is 4.79 Å². The van der Waals surface area contributed by atoms with Crippen molar-refractivity contribution in [2.75, 3.05) is 18.0 Å². The first-order valence-electron chi connectivity index (χ1n) is 6.64. The fraction of sp³-hybridized carbons (Fsp3) is 0.500. The van der Waals surface area contributed by atoms with E-state index in [2.05, 4.69) is 15.2 Å². The second kappa shape index (κ2) is 6.71. The molecule has 0 aliphatic carbocycles. The zero-order valence-electron chi connectivity index (χ0n) is 11.3. The number of aromatic nitrogens is 3. The number of hydrogen-bond donors (Lipinski definition) is 1. The molecule has 1 saturated heterocycles. The van der Waals surface area contributed by atoms with Gasteiger partial charge in [0.25, 0.3) is 0 Å². The zero-order valence-corrected chi connectivity index (χ0v) is 13.7. The van der Waals surface area contributed by atoms with Crippen LogP contribution in [0.3, 0.4) is 0 Å². The first-order valence-corrected chi connectivity index (χ1v) is 9.33. The van der Waals surface area contributed by atoms with E-state index in [1.165, 1.54) is 23.1 Å². The van der Waals surface area contributed by atoms with Crippen molar-refractivity contribution in [3.63, 3.8) is 0 Å². The molecule has 1 aliphatic rings. The highest BCUT2D eigenvalue weighted by atomic mass is 32.2. The van der Waals surface area contributed by atoms with E-state index in [4.69, 9.17) is 5.73 Å². The minimum absolute atomic E-state index is 0.131. The van der Waals surface area contributed by atoms with Crippen molar-refractivity contribution in [2.24, 2.45) is 0 Å². The van der Waals surface area contributed by atoms with Crippen molar-refractivity contribution < 1.29 is 4.79 Å². The highest BCUT2D eigenvalue weighted by molar-refractivity contribution is 8.01. The monoisotopic (exact) mass is 341 g/mol. The molecule has 3 rings (SSSR count). The van der Waals surface area contributed by atoms with E-state index in [0.717, 1.165) is 35.2 Å². The van der Waals surface area contributed by atoms with E-state index in [1.807, 2.05) is 10.3 Å². The predicted molar refractivity (Wildman–Crippen MR) is 85.5 cm³/mol. The number of thioether (sulfide) groups is 1. The summed E-state index contributed by atoms with van der Waals surface area (Å²) in [5.74, 6) is 0.505. The summed E-state index contributed by atoms with van der Waals surface area (Å²) >= 11 is 4.33. The summed E-state index contributed by atoms with van der Waals surface area (Å²) in [6, 6.07) is 0.131. The van der Waals surface area contributed by atoms with Crippen molar-refractivity contribution in [3.8, 4) is 0 Å². The van der Waals surface area contributed by atoms with Crippen LogP contribution in [0.4, 0.5) is 5.13 Å². The number of thiazole rings is 1. The van der Waals surface area contributed by atoms with Gasteiger partial charge in [0.15, 0.2) is 4.34 Å². The summed E-state index contributed by atoms with van der Waals surface area (Å²) in [6.45, 7) is 0.807. The van der Waals surface area contributed by atoms with E-state index in [0.29, 0.717) is 10.9 Å². The molecule has 112 valence electrons. The Balaban J connectivity index is 1.64. The summed E-state index contributed by atoms with van der Waals surface area (Å²) in [7, 11) is 0. The Labute approximate surface area is 134 Å². The molecule has 0 aromatic carbocycles. The summed E-state index contributed by atoms with van der Waals surface area (Å²) in [5.41, 5.74) is 5.54. The van der Waals surface area contributed by atoms with E-state index in [-0.39, 0.29) is 11.9 Å². The van der Waals surface area contributed by atoms with Crippen molar-refractivity contribution >= 4 is 45.5 Å². The molecular weight excluding hydrogens is 326 g/mol. The van der Waals surface area contributed by atoms with Crippen LogP contribution in [0.1, 0.15) is 30.3 Å². The van der Waals surface area contributed by atoms with Crippen LogP contribution >= 0.6 is 34.4 Å². The molecule has 1 atom stereocenters. The molecule has 2 N–H and O–H groups in total. The lowest BCUT2D eigenvalue weighted by atomic mass is 10.0. The summed E-state index contributed by atoms with van der Waals surface area (Å²) in [5, 5.41) is 11.1.